The van der Waals surface area contributed by atoms with E-state index in [1.807, 2.05) is 19.1 Å². The fourth-order valence-electron chi connectivity index (χ4n) is 2.27. The minimum Gasteiger partial charge on any atom is -0.497 e. The van der Waals surface area contributed by atoms with E-state index in [0.29, 0.717) is 18.3 Å². The molecule has 2 aromatic rings. The van der Waals surface area contributed by atoms with Gasteiger partial charge in [-0.1, -0.05) is 12.1 Å². The molecule has 1 heterocycles. The highest BCUT2D eigenvalue weighted by Crippen LogP contribution is 2.16. The van der Waals surface area contributed by atoms with E-state index >= 15 is 0 Å². The number of hydrogen-bond donors (Lipinski definition) is 1. The van der Waals surface area contributed by atoms with Gasteiger partial charge in [-0.15, -0.1) is 11.3 Å². The molecule has 0 atom stereocenters. The minimum absolute atomic E-state index is 0.0447. The second-order valence-electron chi connectivity index (χ2n) is 5.66. The number of methoxy groups -OCH3 is 2. The van der Waals surface area contributed by atoms with Crippen LogP contribution in [0.25, 0.3) is 0 Å². The third kappa shape index (κ3) is 6.12. The summed E-state index contributed by atoms with van der Waals surface area (Å²) in [5, 5.41) is 3.25. The van der Waals surface area contributed by atoms with E-state index in [2.05, 4.69) is 10.3 Å². The van der Waals surface area contributed by atoms with Crippen LogP contribution < -0.4 is 10.1 Å². The third-order valence-corrected chi connectivity index (χ3v) is 4.46. The molecule has 0 unspecified atom stereocenters. The van der Waals surface area contributed by atoms with E-state index in [1.165, 1.54) is 16.2 Å². The smallest absolute Gasteiger partial charge is 0.245 e. The Hall–Kier alpha value is -2.45. The normalized spacial score (nSPS) is 10.4. The van der Waals surface area contributed by atoms with Gasteiger partial charge in [0.2, 0.25) is 11.8 Å². The van der Waals surface area contributed by atoms with Crippen molar-refractivity contribution >= 4 is 28.3 Å². The van der Waals surface area contributed by atoms with Gasteiger partial charge >= 0.3 is 0 Å². The van der Waals surface area contributed by atoms with Gasteiger partial charge in [0.05, 0.1) is 20.1 Å². The number of thiazole rings is 1. The Bertz CT molecular complexity index is 730. The van der Waals surface area contributed by atoms with Crippen molar-refractivity contribution in [2.45, 2.75) is 13.3 Å². The number of carbonyl (C=O) groups is 2. The molecule has 1 N–H and O–H groups in total. The van der Waals surface area contributed by atoms with Crippen molar-refractivity contribution in [3.8, 4) is 5.75 Å². The summed E-state index contributed by atoms with van der Waals surface area (Å²) in [4.78, 5) is 31.4. The van der Waals surface area contributed by atoms with Crippen molar-refractivity contribution in [1.29, 1.82) is 0 Å². The van der Waals surface area contributed by atoms with Crippen LogP contribution >= 0.6 is 11.3 Å². The molecular weight excluding hydrogens is 354 g/mol. The van der Waals surface area contributed by atoms with Crippen molar-refractivity contribution in [2.75, 3.05) is 39.2 Å². The summed E-state index contributed by atoms with van der Waals surface area (Å²) in [7, 11) is 3.15. The second kappa shape index (κ2) is 9.88. The zero-order chi connectivity index (χ0) is 18.9. The van der Waals surface area contributed by atoms with Crippen LogP contribution in [0.2, 0.25) is 0 Å². The van der Waals surface area contributed by atoms with Gasteiger partial charge in [-0.25, -0.2) is 4.98 Å². The summed E-state index contributed by atoms with van der Waals surface area (Å²) in [5.74, 6) is 0.312. The Labute approximate surface area is 156 Å². The highest BCUT2D eigenvalue weighted by Gasteiger charge is 2.18. The summed E-state index contributed by atoms with van der Waals surface area (Å²) in [5.41, 5.74) is 0.856. The number of nitrogens with one attached hydrogen (secondary N) is 1. The average molecular weight is 377 g/mol. The van der Waals surface area contributed by atoms with Crippen LogP contribution in [0.3, 0.4) is 0 Å². The molecule has 2 rings (SSSR count). The highest BCUT2D eigenvalue weighted by molar-refractivity contribution is 7.15. The first-order valence-electron chi connectivity index (χ1n) is 8.13. The van der Waals surface area contributed by atoms with Crippen molar-refractivity contribution in [3.05, 3.63) is 40.9 Å². The molecule has 1 aromatic heterocycles. The van der Waals surface area contributed by atoms with Crippen molar-refractivity contribution in [2.24, 2.45) is 0 Å². The monoisotopic (exact) mass is 377 g/mol. The van der Waals surface area contributed by atoms with Gasteiger partial charge < -0.3 is 19.7 Å². The molecular formula is C18H23N3O4S. The molecule has 0 aliphatic rings. The molecule has 140 valence electrons. The summed E-state index contributed by atoms with van der Waals surface area (Å²) < 4.78 is 10.2. The quantitative estimate of drug-likeness (QED) is 0.724. The Kier molecular flexibility index (Phi) is 7.55. The standard InChI is InChI=1S/C18H23N3O4S/c1-13-11-19-18(26-13)20-16(22)12-21(8-9-24-2)17(23)10-14-4-6-15(25-3)7-5-14/h4-7,11H,8-10,12H2,1-3H3,(H,19,20,22). The molecule has 26 heavy (non-hydrogen) atoms. The Morgan fingerprint density at radius 3 is 2.54 bits per heavy atom. The zero-order valence-electron chi connectivity index (χ0n) is 15.2. The lowest BCUT2D eigenvalue weighted by Crippen LogP contribution is -2.40. The van der Waals surface area contributed by atoms with Crippen LogP contribution in [0.15, 0.2) is 30.5 Å². The van der Waals surface area contributed by atoms with E-state index in [-0.39, 0.29) is 24.8 Å². The number of ether oxygens (including phenoxy) is 2. The topological polar surface area (TPSA) is 80.8 Å². The van der Waals surface area contributed by atoms with Gasteiger partial charge in [0.1, 0.15) is 12.3 Å². The van der Waals surface area contributed by atoms with Crippen LogP contribution in [-0.2, 0) is 20.7 Å². The third-order valence-electron chi connectivity index (χ3n) is 3.63. The van der Waals surface area contributed by atoms with Crippen molar-refractivity contribution < 1.29 is 19.1 Å². The number of rotatable bonds is 9. The maximum atomic E-state index is 12.6. The first kappa shape index (κ1) is 19.9. The molecule has 0 spiro atoms. The number of anilines is 1. The second-order valence-corrected chi connectivity index (χ2v) is 6.89. The number of amides is 2. The highest BCUT2D eigenvalue weighted by atomic mass is 32.1. The number of carbonyl (C=O) groups excluding carboxylic acids is 2. The maximum absolute atomic E-state index is 12.6. The molecule has 7 nitrogen and oxygen atoms in total. The molecule has 0 aliphatic heterocycles. The van der Waals surface area contributed by atoms with E-state index in [9.17, 15) is 9.59 Å². The summed E-state index contributed by atoms with van der Waals surface area (Å²) in [6, 6.07) is 7.28. The lowest BCUT2D eigenvalue weighted by Gasteiger charge is -2.21. The van der Waals surface area contributed by atoms with Gasteiger partial charge in [-0.2, -0.15) is 0 Å². The Morgan fingerprint density at radius 1 is 1.23 bits per heavy atom. The molecule has 0 radical (unpaired) electrons. The van der Waals surface area contributed by atoms with Crippen LogP contribution in [-0.4, -0.2) is 55.6 Å². The van der Waals surface area contributed by atoms with Crippen molar-refractivity contribution in [1.82, 2.24) is 9.88 Å². The van der Waals surface area contributed by atoms with E-state index in [0.717, 1.165) is 16.2 Å². The van der Waals surface area contributed by atoms with Crippen LogP contribution in [0, 0.1) is 6.92 Å². The minimum atomic E-state index is -0.279. The number of aryl methyl sites for hydroxylation is 1. The predicted molar refractivity (Wildman–Crippen MR) is 101 cm³/mol. The van der Waals surface area contributed by atoms with Gasteiger partial charge in [0.25, 0.3) is 0 Å². The number of aromatic nitrogens is 1. The van der Waals surface area contributed by atoms with E-state index < -0.39 is 0 Å². The molecule has 0 aliphatic carbocycles. The molecule has 1 aromatic carbocycles. The molecule has 0 bridgehead atoms. The van der Waals surface area contributed by atoms with Gasteiger partial charge in [0.15, 0.2) is 5.13 Å². The van der Waals surface area contributed by atoms with Crippen LogP contribution in [0.1, 0.15) is 10.4 Å². The fraction of sp³-hybridized carbons (Fsp3) is 0.389. The number of hydrogen-bond acceptors (Lipinski definition) is 6. The lowest BCUT2D eigenvalue weighted by molar-refractivity contribution is -0.134. The molecule has 0 fully saturated rings. The molecule has 2 amide bonds. The fourth-order valence-corrected chi connectivity index (χ4v) is 2.95. The Balaban J connectivity index is 1.97. The summed E-state index contributed by atoms with van der Waals surface area (Å²) >= 11 is 1.39. The zero-order valence-corrected chi connectivity index (χ0v) is 16.0. The molecule has 0 saturated heterocycles. The van der Waals surface area contributed by atoms with Crippen molar-refractivity contribution in [3.63, 3.8) is 0 Å². The van der Waals surface area contributed by atoms with Gasteiger partial charge in [-0.05, 0) is 24.6 Å². The van der Waals surface area contributed by atoms with E-state index in [1.54, 1.807) is 32.5 Å². The maximum Gasteiger partial charge on any atom is 0.245 e. The summed E-state index contributed by atoms with van der Waals surface area (Å²) in [6.07, 6.45) is 1.90. The number of benzene rings is 1. The van der Waals surface area contributed by atoms with E-state index in [4.69, 9.17) is 9.47 Å². The summed E-state index contributed by atoms with van der Waals surface area (Å²) in [6.45, 7) is 2.57. The number of nitrogens with zero attached hydrogens (tertiary/aromatic N) is 2. The lowest BCUT2D eigenvalue weighted by atomic mass is 10.1. The van der Waals surface area contributed by atoms with Crippen LogP contribution in [0.4, 0.5) is 5.13 Å². The largest absolute Gasteiger partial charge is 0.497 e. The van der Waals surface area contributed by atoms with Gasteiger partial charge in [0, 0.05) is 24.7 Å². The molecule has 0 saturated carbocycles. The van der Waals surface area contributed by atoms with Gasteiger partial charge in [-0.3, -0.25) is 9.59 Å². The molecule has 8 heteroatoms. The SMILES string of the molecule is COCCN(CC(=O)Nc1ncc(C)s1)C(=O)Cc1ccc(OC)cc1. The average Bonchev–Trinajstić information content (AvgIpc) is 3.03. The first-order valence-corrected chi connectivity index (χ1v) is 8.95. The first-order chi connectivity index (χ1) is 12.5. The predicted octanol–water partition coefficient (Wildman–Crippen LogP) is 2.12. The Morgan fingerprint density at radius 2 is 1.96 bits per heavy atom. The van der Waals surface area contributed by atoms with Crippen LogP contribution in [0.5, 0.6) is 5.75 Å².